The number of morpholine rings is 1. The molecule has 0 radical (unpaired) electrons. The van der Waals surface area contributed by atoms with Gasteiger partial charge in [0.15, 0.2) is 0 Å². The second kappa shape index (κ2) is 10.1. The van der Waals surface area contributed by atoms with Gasteiger partial charge in [-0.3, -0.25) is 9.69 Å². The van der Waals surface area contributed by atoms with Gasteiger partial charge in [0.2, 0.25) is 0 Å². The lowest BCUT2D eigenvalue weighted by Gasteiger charge is -2.26. The minimum absolute atomic E-state index is 0.119. The highest BCUT2D eigenvalue weighted by atomic mass is 16.5. The second-order valence-corrected chi connectivity index (χ2v) is 7.34. The van der Waals surface area contributed by atoms with Crippen molar-refractivity contribution in [1.82, 2.24) is 4.90 Å². The van der Waals surface area contributed by atoms with Gasteiger partial charge in [0.1, 0.15) is 12.4 Å². The molecule has 5 heteroatoms. The smallest absolute Gasteiger partial charge is 0.255 e. The van der Waals surface area contributed by atoms with Crippen LogP contribution in [0.5, 0.6) is 5.75 Å². The molecule has 1 N–H and O–H groups in total. The molecule has 30 heavy (non-hydrogen) atoms. The Balaban J connectivity index is 1.28. The van der Waals surface area contributed by atoms with Gasteiger partial charge in [-0.15, -0.1) is 0 Å². The van der Waals surface area contributed by atoms with Crippen LogP contribution in [0.4, 0.5) is 5.69 Å². The minimum atomic E-state index is -0.119. The van der Waals surface area contributed by atoms with Crippen LogP contribution in [-0.2, 0) is 17.9 Å². The summed E-state index contributed by atoms with van der Waals surface area (Å²) < 4.78 is 11.1. The first kappa shape index (κ1) is 20.1. The highest BCUT2D eigenvalue weighted by Crippen LogP contribution is 2.15. The molecule has 1 aliphatic rings. The molecule has 0 aromatic heterocycles. The van der Waals surface area contributed by atoms with Crippen LogP contribution in [0.1, 0.15) is 21.5 Å². The molecule has 4 rings (SSSR count). The molecule has 3 aromatic carbocycles. The first-order valence-electron chi connectivity index (χ1n) is 10.2. The van der Waals surface area contributed by atoms with Gasteiger partial charge in [0.05, 0.1) is 13.2 Å². The van der Waals surface area contributed by atoms with Crippen molar-refractivity contribution in [3.63, 3.8) is 0 Å². The lowest BCUT2D eigenvalue weighted by atomic mass is 10.1. The van der Waals surface area contributed by atoms with E-state index in [9.17, 15) is 4.79 Å². The van der Waals surface area contributed by atoms with Crippen molar-refractivity contribution in [2.45, 2.75) is 13.2 Å². The molecule has 1 fully saturated rings. The van der Waals surface area contributed by atoms with Crippen LogP contribution in [0.2, 0.25) is 0 Å². The topological polar surface area (TPSA) is 50.8 Å². The van der Waals surface area contributed by atoms with E-state index >= 15 is 0 Å². The molecule has 0 saturated carbocycles. The van der Waals surface area contributed by atoms with Gasteiger partial charge in [-0.1, -0.05) is 42.5 Å². The molecule has 3 aromatic rings. The number of carbonyl (C=O) groups is 1. The zero-order valence-electron chi connectivity index (χ0n) is 16.9. The second-order valence-electron chi connectivity index (χ2n) is 7.34. The fourth-order valence-corrected chi connectivity index (χ4v) is 3.35. The predicted octanol–water partition coefficient (Wildman–Crippen LogP) is 4.35. The van der Waals surface area contributed by atoms with Crippen LogP contribution < -0.4 is 10.1 Å². The summed E-state index contributed by atoms with van der Waals surface area (Å²) in [5, 5.41) is 2.96. The molecular formula is C25H26N2O3. The number of hydrogen-bond donors (Lipinski definition) is 1. The molecule has 5 nitrogen and oxygen atoms in total. The normalized spacial score (nSPS) is 14.3. The third kappa shape index (κ3) is 5.69. The maximum atomic E-state index is 12.5. The number of hydrogen-bond acceptors (Lipinski definition) is 4. The van der Waals surface area contributed by atoms with E-state index in [0.29, 0.717) is 12.2 Å². The molecule has 1 aliphatic heterocycles. The minimum Gasteiger partial charge on any atom is -0.489 e. The number of amides is 1. The highest BCUT2D eigenvalue weighted by molar-refractivity contribution is 6.04. The van der Waals surface area contributed by atoms with Crippen molar-refractivity contribution in [2.24, 2.45) is 0 Å². The number of rotatable bonds is 7. The molecule has 0 unspecified atom stereocenters. The van der Waals surface area contributed by atoms with E-state index in [2.05, 4.69) is 22.3 Å². The number of benzene rings is 3. The van der Waals surface area contributed by atoms with Crippen LogP contribution in [0.3, 0.4) is 0 Å². The third-order valence-electron chi connectivity index (χ3n) is 5.09. The zero-order valence-corrected chi connectivity index (χ0v) is 16.9. The summed E-state index contributed by atoms with van der Waals surface area (Å²) in [7, 11) is 0. The van der Waals surface area contributed by atoms with Crippen molar-refractivity contribution < 1.29 is 14.3 Å². The lowest BCUT2D eigenvalue weighted by Crippen LogP contribution is -2.35. The lowest BCUT2D eigenvalue weighted by molar-refractivity contribution is 0.0342. The molecule has 1 saturated heterocycles. The summed E-state index contributed by atoms with van der Waals surface area (Å²) in [5.41, 5.74) is 3.67. The Morgan fingerprint density at radius 2 is 1.53 bits per heavy atom. The summed E-state index contributed by atoms with van der Waals surface area (Å²) in [6, 6.07) is 25.2. The number of nitrogens with zero attached hydrogens (tertiary/aromatic N) is 1. The van der Waals surface area contributed by atoms with Crippen LogP contribution in [0.25, 0.3) is 0 Å². The molecular weight excluding hydrogens is 376 g/mol. The van der Waals surface area contributed by atoms with Crippen LogP contribution >= 0.6 is 0 Å². The zero-order chi connectivity index (χ0) is 20.6. The molecule has 0 aliphatic carbocycles. The van der Waals surface area contributed by atoms with Crippen molar-refractivity contribution in [3.05, 3.63) is 95.6 Å². The maximum absolute atomic E-state index is 12.5. The average Bonchev–Trinajstić information content (AvgIpc) is 2.81. The molecule has 0 spiro atoms. The molecule has 1 heterocycles. The molecule has 0 atom stereocenters. The van der Waals surface area contributed by atoms with E-state index in [1.165, 1.54) is 5.56 Å². The largest absolute Gasteiger partial charge is 0.489 e. The fourth-order valence-electron chi connectivity index (χ4n) is 3.35. The number of para-hydroxylation sites is 1. The highest BCUT2D eigenvalue weighted by Gasteiger charge is 2.11. The Hall–Kier alpha value is -3.15. The van der Waals surface area contributed by atoms with E-state index in [1.807, 2.05) is 66.7 Å². The third-order valence-corrected chi connectivity index (χ3v) is 5.09. The van der Waals surface area contributed by atoms with Gasteiger partial charge in [0, 0.05) is 30.9 Å². The quantitative estimate of drug-likeness (QED) is 0.638. The SMILES string of the molecule is O=C(Nc1ccc(CN2CCOCC2)cc1)c1ccc(COc2ccccc2)cc1. The maximum Gasteiger partial charge on any atom is 0.255 e. The summed E-state index contributed by atoms with van der Waals surface area (Å²) in [5.74, 6) is 0.711. The van der Waals surface area contributed by atoms with Crippen LogP contribution in [0, 0.1) is 0 Å². The van der Waals surface area contributed by atoms with Gasteiger partial charge in [-0.2, -0.15) is 0 Å². The van der Waals surface area contributed by atoms with Gasteiger partial charge < -0.3 is 14.8 Å². The van der Waals surface area contributed by atoms with Crippen LogP contribution in [0.15, 0.2) is 78.9 Å². The van der Waals surface area contributed by atoms with Gasteiger partial charge in [-0.25, -0.2) is 0 Å². The van der Waals surface area contributed by atoms with Crippen LogP contribution in [-0.4, -0.2) is 37.1 Å². The van der Waals surface area contributed by atoms with Crippen molar-refractivity contribution in [3.8, 4) is 5.75 Å². The van der Waals surface area contributed by atoms with E-state index in [1.54, 1.807) is 0 Å². The summed E-state index contributed by atoms with van der Waals surface area (Å²) in [4.78, 5) is 14.9. The Morgan fingerprint density at radius 3 is 2.23 bits per heavy atom. The molecule has 0 bridgehead atoms. The first-order chi connectivity index (χ1) is 14.8. The van der Waals surface area contributed by atoms with Gasteiger partial charge in [0.25, 0.3) is 5.91 Å². The van der Waals surface area contributed by atoms with E-state index in [0.717, 1.165) is 49.8 Å². The Bertz CT molecular complexity index is 934. The Kier molecular flexibility index (Phi) is 6.75. The van der Waals surface area contributed by atoms with E-state index in [-0.39, 0.29) is 5.91 Å². The number of nitrogens with one attached hydrogen (secondary N) is 1. The average molecular weight is 402 g/mol. The van der Waals surface area contributed by atoms with Gasteiger partial charge >= 0.3 is 0 Å². The fraction of sp³-hybridized carbons (Fsp3) is 0.240. The van der Waals surface area contributed by atoms with E-state index in [4.69, 9.17) is 9.47 Å². The Labute approximate surface area is 177 Å². The van der Waals surface area contributed by atoms with Crippen molar-refractivity contribution in [2.75, 3.05) is 31.6 Å². The van der Waals surface area contributed by atoms with Crippen molar-refractivity contribution >= 4 is 11.6 Å². The monoisotopic (exact) mass is 402 g/mol. The van der Waals surface area contributed by atoms with Crippen molar-refractivity contribution in [1.29, 1.82) is 0 Å². The summed E-state index contributed by atoms with van der Waals surface area (Å²) in [6.45, 7) is 4.90. The van der Waals surface area contributed by atoms with E-state index < -0.39 is 0 Å². The summed E-state index contributed by atoms with van der Waals surface area (Å²) in [6.07, 6.45) is 0. The first-order valence-corrected chi connectivity index (χ1v) is 10.2. The molecule has 154 valence electrons. The van der Waals surface area contributed by atoms with Gasteiger partial charge in [-0.05, 0) is 47.5 Å². The summed E-state index contributed by atoms with van der Waals surface area (Å²) >= 11 is 0. The standard InChI is InChI=1S/C25H26N2O3/c28-25(22-10-6-21(7-11-22)19-30-24-4-2-1-3-5-24)26-23-12-8-20(9-13-23)18-27-14-16-29-17-15-27/h1-13H,14-19H2,(H,26,28). The molecule has 1 amide bonds. The Morgan fingerprint density at radius 1 is 0.867 bits per heavy atom. The predicted molar refractivity (Wildman–Crippen MR) is 118 cm³/mol. The number of anilines is 1. The number of ether oxygens (including phenoxy) is 2. The number of carbonyl (C=O) groups excluding carboxylic acids is 1.